The molecule has 1 heterocycles. The molecule has 0 saturated heterocycles. The van der Waals surface area contributed by atoms with Crippen LogP contribution in [0.5, 0.6) is 0 Å². The highest BCUT2D eigenvalue weighted by molar-refractivity contribution is 8.23. The van der Waals surface area contributed by atoms with Gasteiger partial charge in [0.05, 0.1) is 22.3 Å². The first-order chi connectivity index (χ1) is 11.3. The minimum atomic E-state index is -2.70. The van der Waals surface area contributed by atoms with E-state index in [1.165, 1.54) is 6.26 Å². The summed E-state index contributed by atoms with van der Waals surface area (Å²) in [5.41, 5.74) is 3.83. The van der Waals surface area contributed by atoms with E-state index in [1.807, 2.05) is 42.2 Å². The number of fused-ring (bicyclic) bond motifs is 1. The second-order valence-corrected chi connectivity index (χ2v) is 8.35. The molecule has 128 valence electrons. The Bertz CT molecular complexity index is 769. The molecule has 2 aromatic rings. The molecule has 0 radical (unpaired) electrons. The molecule has 0 aromatic heterocycles. The van der Waals surface area contributed by atoms with E-state index in [0.717, 1.165) is 22.5 Å². The molecule has 1 atom stereocenters. The average Bonchev–Trinajstić information content (AvgIpc) is 2.53. The van der Waals surface area contributed by atoms with Gasteiger partial charge < -0.3 is 10.2 Å². The maximum absolute atomic E-state index is 11.9. The van der Waals surface area contributed by atoms with E-state index in [0.29, 0.717) is 11.4 Å². The lowest BCUT2D eigenvalue weighted by Crippen LogP contribution is -2.44. The van der Waals surface area contributed by atoms with E-state index in [2.05, 4.69) is 5.32 Å². The summed E-state index contributed by atoms with van der Waals surface area (Å²) in [6.45, 7) is 4.32. The summed E-state index contributed by atoms with van der Waals surface area (Å²) in [5.74, 6) is 0.0375. The van der Waals surface area contributed by atoms with Gasteiger partial charge in [0, 0.05) is 19.7 Å². The van der Waals surface area contributed by atoms with E-state index in [9.17, 15) is 13.9 Å². The van der Waals surface area contributed by atoms with Gasteiger partial charge in [-0.05, 0) is 42.3 Å². The predicted molar refractivity (Wildman–Crippen MR) is 100 cm³/mol. The first kappa shape index (κ1) is 16.8. The zero-order valence-electron chi connectivity index (χ0n) is 14.0. The molecule has 1 amide bonds. The molecule has 6 heteroatoms. The third-order valence-electron chi connectivity index (χ3n) is 4.26. The van der Waals surface area contributed by atoms with Crippen LogP contribution in [-0.2, 0) is 4.79 Å². The van der Waals surface area contributed by atoms with Crippen LogP contribution in [0.3, 0.4) is 0 Å². The molecule has 0 aliphatic carbocycles. The Hall–Kier alpha value is -2.02. The maximum Gasteiger partial charge on any atom is 0.224 e. The van der Waals surface area contributed by atoms with E-state index < -0.39 is 10.6 Å². The second kappa shape index (κ2) is 6.12. The van der Waals surface area contributed by atoms with Crippen molar-refractivity contribution in [3.05, 3.63) is 42.5 Å². The number of nitrogens with one attached hydrogen (secondary N) is 1. The SMILES string of the molecule is CC(=O)N1c2ccc(-c3ccc(S(C)(O)O)cc3)cc2NC[C@@H]1C. The number of hydrogen-bond donors (Lipinski definition) is 3. The molecule has 3 rings (SSSR count). The van der Waals surface area contributed by atoms with Gasteiger partial charge in [-0.3, -0.25) is 13.9 Å². The third-order valence-corrected chi connectivity index (χ3v) is 5.42. The molecule has 24 heavy (non-hydrogen) atoms. The lowest BCUT2D eigenvalue weighted by atomic mass is 10.0. The smallest absolute Gasteiger partial charge is 0.224 e. The molecule has 0 fully saturated rings. The van der Waals surface area contributed by atoms with Gasteiger partial charge in [-0.1, -0.05) is 18.2 Å². The predicted octanol–water partition coefficient (Wildman–Crippen LogP) is 4.26. The Morgan fingerprint density at radius 3 is 2.38 bits per heavy atom. The van der Waals surface area contributed by atoms with Crippen molar-refractivity contribution in [2.75, 3.05) is 23.0 Å². The van der Waals surface area contributed by atoms with Crippen LogP contribution in [0.2, 0.25) is 0 Å². The van der Waals surface area contributed by atoms with Crippen LogP contribution in [0.25, 0.3) is 11.1 Å². The number of benzene rings is 2. The quantitative estimate of drug-likeness (QED) is 0.760. The van der Waals surface area contributed by atoms with Crippen LogP contribution < -0.4 is 10.2 Å². The highest BCUT2D eigenvalue weighted by Crippen LogP contribution is 2.44. The number of carbonyl (C=O) groups is 1. The molecule has 0 spiro atoms. The Kier molecular flexibility index (Phi) is 4.29. The summed E-state index contributed by atoms with van der Waals surface area (Å²) in [6.07, 6.45) is 1.42. The van der Waals surface area contributed by atoms with Crippen LogP contribution in [0.1, 0.15) is 13.8 Å². The monoisotopic (exact) mass is 346 g/mol. The number of anilines is 2. The lowest BCUT2D eigenvalue weighted by molar-refractivity contribution is -0.116. The molecule has 0 bridgehead atoms. The molecule has 3 N–H and O–H groups in total. The van der Waals surface area contributed by atoms with Gasteiger partial charge in [-0.2, -0.15) is 10.6 Å². The van der Waals surface area contributed by atoms with Crippen LogP contribution >= 0.6 is 10.6 Å². The van der Waals surface area contributed by atoms with Gasteiger partial charge in [0.1, 0.15) is 0 Å². The third kappa shape index (κ3) is 3.13. The van der Waals surface area contributed by atoms with E-state index in [4.69, 9.17) is 0 Å². The molecule has 1 aliphatic heterocycles. The number of carbonyl (C=O) groups excluding carboxylic acids is 1. The highest BCUT2D eigenvalue weighted by Gasteiger charge is 2.26. The van der Waals surface area contributed by atoms with E-state index in [-0.39, 0.29) is 11.9 Å². The normalized spacial score (nSPS) is 17.9. The molecule has 5 nitrogen and oxygen atoms in total. The molecule has 0 saturated carbocycles. The highest BCUT2D eigenvalue weighted by atomic mass is 32.3. The number of rotatable bonds is 2. The standard InChI is InChI=1S/C18H22N2O3S/c1-12-11-19-17-10-15(6-9-18(17)20(12)13(2)21)14-4-7-16(8-5-14)24(3,22)23/h4-10,12,19,22-23H,11H2,1-3H3/t12-/m0/s1. The van der Waals surface area contributed by atoms with Crippen LogP contribution in [0.4, 0.5) is 11.4 Å². The summed E-state index contributed by atoms with van der Waals surface area (Å²) in [5, 5.41) is 3.37. The van der Waals surface area contributed by atoms with Gasteiger partial charge in [0.2, 0.25) is 5.91 Å². The van der Waals surface area contributed by atoms with Crippen molar-refractivity contribution in [1.82, 2.24) is 0 Å². The van der Waals surface area contributed by atoms with Gasteiger partial charge in [-0.15, -0.1) is 0 Å². The minimum Gasteiger partial charge on any atom is -0.381 e. The van der Waals surface area contributed by atoms with Gasteiger partial charge in [0.25, 0.3) is 0 Å². The van der Waals surface area contributed by atoms with Crippen molar-refractivity contribution < 1.29 is 13.9 Å². The molecule has 2 aromatic carbocycles. The first-order valence-electron chi connectivity index (χ1n) is 7.79. The Balaban J connectivity index is 1.96. The van der Waals surface area contributed by atoms with Crippen molar-refractivity contribution >= 4 is 27.9 Å². The van der Waals surface area contributed by atoms with E-state index >= 15 is 0 Å². The maximum atomic E-state index is 11.9. The fourth-order valence-corrected chi connectivity index (χ4v) is 3.69. The Morgan fingerprint density at radius 2 is 1.79 bits per heavy atom. The van der Waals surface area contributed by atoms with Crippen molar-refractivity contribution in [3.8, 4) is 11.1 Å². The molecular formula is C18H22N2O3S. The van der Waals surface area contributed by atoms with E-state index in [1.54, 1.807) is 19.1 Å². The average molecular weight is 346 g/mol. The lowest BCUT2D eigenvalue weighted by Gasteiger charge is -2.35. The van der Waals surface area contributed by atoms with Crippen LogP contribution in [0.15, 0.2) is 47.4 Å². The number of hydrogen-bond acceptors (Lipinski definition) is 4. The van der Waals surface area contributed by atoms with Gasteiger partial charge in [-0.25, -0.2) is 0 Å². The van der Waals surface area contributed by atoms with Gasteiger partial charge >= 0.3 is 0 Å². The van der Waals surface area contributed by atoms with Crippen molar-refractivity contribution in [2.45, 2.75) is 24.8 Å². The molecule has 1 aliphatic rings. The van der Waals surface area contributed by atoms with Crippen LogP contribution in [-0.4, -0.2) is 33.9 Å². The number of amides is 1. The summed E-state index contributed by atoms with van der Waals surface area (Å²) in [4.78, 5) is 14.2. The topological polar surface area (TPSA) is 72.8 Å². The molecule has 0 unspecified atom stereocenters. The fraction of sp³-hybridized carbons (Fsp3) is 0.278. The fourth-order valence-electron chi connectivity index (χ4n) is 3.04. The Labute approximate surface area is 143 Å². The van der Waals surface area contributed by atoms with Crippen molar-refractivity contribution in [2.24, 2.45) is 0 Å². The zero-order valence-corrected chi connectivity index (χ0v) is 14.8. The van der Waals surface area contributed by atoms with Crippen molar-refractivity contribution in [1.29, 1.82) is 0 Å². The number of nitrogens with zero attached hydrogens (tertiary/aromatic N) is 1. The minimum absolute atomic E-state index is 0.0375. The van der Waals surface area contributed by atoms with Crippen LogP contribution in [0, 0.1) is 0 Å². The summed E-state index contributed by atoms with van der Waals surface area (Å²) in [6, 6.07) is 13.3. The van der Waals surface area contributed by atoms with Crippen molar-refractivity contribution in [3.63, 3.8) is 0 Å². The zero-order chi connectivity index (χ0) is 17.5. The Morgan fingerprint density at radius 1 is 1.17 bits per heavy atom. The van der Waals surface area contributed by atoms with Gasteiger partial charge in [0.15, 0.2) is 0 Å². The summed E-state index contributed by atoms with van der Waals surface area (Å²) in [7, 11) is -2.70. The second-order valence-electron chi connectivity index (χ2n) is 6.21. The summed E-state index contributed by atoms with van der Waals surface area (Å²) < 4.78 is 19.4. The largest absolute Gasteiger partial charge is 0.381 e. The molecular weight excluding hydrogens is 324 g/mol. The first-order valence-corrected chi connectivity index (χ1v) is 9.74. The summed E-state index contributed by atoms with van der Waals surface area (Å²) >= 11 is 0.